The predicted molar refractivity (Wildman–Crippen MR) is 66.0 cm³/mol. The molecule has 0 amide bonds. The molecule has 84 valence electrons. The highest BCUT2D eigenvalue weighted by molar-refractivity contribution is 5.58. The molecule has 0 aromatic carbocycles. The highest BCUT2D eigenvalue weighted by atomic mass is 14.9. The summed E-state index contributed by atoms with van der Waals surface area (Å²) in [5, 5.41) is 3.38. The van der Waals surface area contributed by atoms with Gasteiger partial charge in [0.25, 0.3) is 0 Å². The Bertz CT molecular complexity index is 432. The first kappa shape index (κ1) is 10.9. The Morgan fingerprint density at radius 2 is 2.25 bits per heavy atom. The topological polar surface area (TPSA) is 40.7 Å². The van der Waals surface area contributed by atoms with Gasteiger partial charge in [-0.1, -0.05) is 13.8 Å². The smallest absolute Gasteiger partial charge is 0.0469 e. The summed E-state index contributed by atoms with van der Waals surface area (Å²) in [6.45, 7) is 5.14. The molecule has 2 aromatic rings. The molecule has 0 aliphatic rings. The average molecular weight is 215 g/mol. The lowest BCUT2D eigenvalue weighted by Crippen LogP contribution is -2.21. The summed E-state index contributed by atoms with van der Waals surface area (Å²) in [7, 11) is 0. The molecule has 2 heterocycles. The number of nitrogens with zero attached hydrogens (tertiary/aromatic N) is 1. The molecule has 0 spiro atoms. The summed E-state index contributed by atoms with van der Waals surface area (Å²) in [6, 6.07) is 6.70. The Labute approximate surface area is 95.9 Å². The van der Waals surface area contributed by atoms with Crippen LogP contribution in [-0.4, -0.2) is 16.0 Å². The molecule has 0 saturated heterocycles. The molecule has 0 aliphatic heterocycles. The second kappa shape index (κ2) is 4.94. The molecule has 3 nitrogen and oxygen atoms in total. The van der Waals surface area contributed by atoms with Crippen LogP contribution in [0.15, 0.2) is 36.8 Å². The summed E-state index contributed by atoms with van der Waals surface area (Å²) in [6.07, 6.45) is 5.71. The van der Waals surface area contributed by atoms with E-state index in [2.05, 4.69) is 41.3 Å². The molecular formula is C13H17N3. The van der Waals surface area contributed by atoms with Crippen LogP contribution in [-0.2, 0) is 6.54 Å². The Morgan fingerprint density at radius 3 is 2.94 bits per heavy atom. The molecule has 0 aliphatic carbocycles. The van der Waals surface area contributed by atoms with Gasteiger partial charge >= 0.3 is 0 Å². The summed E-state index contributed by atoms with van der Waals surface area (Å²) in [5.41, 5.74) is 3.45. The van der Waals surface area contributed by atoms with E-state index in [0.717, 1.165) is 17.8 Å². The van der Waals surface area contributed by atoms with Crippen LogP contribution < -0.4 is 5.32 Å². The number of pyridine rings is 1. The normalized spacial score (nSPS) is 10.9. The fourth-order valence-corrected chi connectivity index (χ4v) is 1.56. The van der Waals surface area contributed by atoms with Crippen LogP contribution in [0.1, 0.15) is 19.4 Å². The van der Waals surface area contributed by atoms with Gasteiger partial charge in [-0.05, 0) is 23.8 Å². The summed E-state index contributed by atoms with van der Waals surface area (Å²) >= 11 is 0. The Kier molecular flexibility index (Phi) is 3.37. The van der Waals surface area contributed by atoms with Crippen LogP contribution in [0.5, 0.6) is 0 Å². The van der Waals surface area contributed by atoms with Crippen molar-refractivity contribution in [2.75, 3.05) is 0 Å². The number of aromatic amines is 1. The monoisotopic (exact) mass is 215 g/mol. The molecule has 0 atom stereocenters. The van der Waals surface area contributed by atoms with Gasteiger partial charge in [0, 0.05) is 42.4 Å². The highest BCUT2D eigenvalue weighted by Gasteiger charge is 2.01. The summed E-state index contributed by atoms with van der Waals surface area (Å²) in [4.78, 5) is 7.44. The summed E-state index contributed by atoms with van der Waals surface area (Å²) in [5.74, 6) is 0. The van der Waals surface area contributed by atoms with Crippen molar-refractivity contribution < 1.29 is 0 Å². The SMILES string of the molecule is CC(C)NCc1cncc(-c2ccc[nH]2)c1. The number of rotatable bonds is 4. The van der Waals surface area contributed by atoms with Crippen LogP contribution in [0, 0.1) is 0 Å². The van der Waals surface area contributed by atoms with E-state index in [1.54, 1.807) is 0 Å². The van der Waals surface area contributed by atoms with E-state index >= 15 is 0 Å². The third-order valence-electron chi connectivity index (χ3n) is 2.42. The first-order chi connectivity index (χ1) is 7.75. The van der Waals surface area contributed by atoms with Crippen LogP contribution >= 0.6 is 0 Å². The lowest BCUT2D eigenvalue weighted by Gasteiger charge is -2.08. The van der Waals surface area contributed by atoms with Gasteiger partial charge in [0.1, 0.15) is 0 Å². The molecule has 0 radical (unpaired) electrons. The lowest BCUT2D eigenvalue weighted by molar-refractivity contribution is 0.588. The fraction of sp³-hybridized carbons (Fsp3) is 0.308. The Morgan fingerprint density at radius 1 is 1.38 bits per heavy atom. The maximum absolute atomic E-state index is 4.26. The average Bonchev–Trinajstić information content (AvgIpc) is 2.80. The van der Waals surface area contributed by atoms with Gasteiger partial charge in [0.05, 0.1) is 0 Å². The van der Waals surface area contributed by atoms with Gasteiger partial charge in [0.2, 0.25) is 0 Å². The third-order valence-corrected chi connectivity index (χ3v) is 2.42. The van der Waals surface area contributed by atoms with E-state index in [4.69, 9.17) is 0 Å². The lowest BCUT2D eigenvalue weighted by atomic mass is 10.1. The quantitative estimate of drug-likeness (QED) is 0.823. The van der Waals surface area contributed by atoms with Crippen molar-refractivity contribution in [2.24, 2.45) is 0 Å². The minimum absolute atomic E-state index is 0.495. The molecule has 3 heteroatoms. The molecule has 2 N–H and O–H groups in total. The minimum atomic E-state index is 0.495. The molecule has 0 saturated carbocycles. The van der Waals surface area contributed by atoms with Gasteiger partial charge in [0.15, 0.2) is 0 Å². The second-order valence-corrected chi connectivity index (χ2v) is 4.20. The van der Waals surface area contributed by atoms with Crippen LogP contribution in [0.25, 0.3) is 11.3 Å². The number of aromatic nitrogens is 2. The Hall–Kier alpha value is -1.61. The van der Waals surface area contributed by atoms with E-state index in [1.807, 2.05) is 24.7 Å². The number of nitrogens with one attached hydrogen (secondary N) is 2. The van der Waals surface area contributed by atoms with Gasteiger partial charge in [-0.25, -0.2) is 0 Å². The first-order valence-corrected chi connectivity index (χ1v) is 5.57. The van der Waals surface area contributed by atoms with E-state index in [0.29, 0.717) is 6.04 Å². The largest absolute Gasteiger partial charge is 0.361 e. The molecule has 0 bridgehead atoms. The van der Waals surface area contributed by atoms with Crippen molar-refractivity contribution in [1.82, 2.24) is 15.3 Å². The minimum Gasteiger partial charge on any atom is -0.361 e. The Balaban J connectivity index is 2.14. The fourth-order valence-electron chi connectivity index (χ4n) is 1.56. The number of hydrogen-bond acceptors (Lipinski definition) is 2. The maximum Gasteiger partial charge on any atom is 0.0469 e. The zero-order valence-corrected chi connectivity index (χ0v) is 9.70. The van der Waals surface area contributed by atoms with E-state index in [-0.39, 0.29) is 0 Å². The van der Waals surface area contributed by atoms with Crippen molar-refractivity contribution in [2.45, 2.75) is 26.4 Å². The standard InChI is InChI=1S/C13H17N3/c1-10(2)16-8-11-6-12(9-14-7-11)13-4-3-5-15-13/h3-7,9-10,15-16H,8H2,1-2H3. The van der Waals surface area contributed by atoms with Crippen molar-refractivity contribution in [3.05, 3.63) is 42.4 Å². The summed E-state index contributed by atoms with van der Waals surface area (Å²) < 4.78 is 0. The zero-order valence-electron chi connectivity index (χ0n) is 9.70. The molecule has 0 fully saturated rings. The van der Waals surface area contributed by atoms with E-state index in [9.17, 15) is 0 Å². The van der Waals surface area contributed by atoms with Crippen molar-refractivity contribution in [3.63, 3.8) is 0 Å². The second-order valence-electron chi connectivity index (χ2n) is 4.20. The van der Waals surface area contributed by atoms with E-state index < -0.39 is 0 Å². The molecule has 16 heavy (non-hydrogen) atoms. The molecule has 2 aromatic heterocycles. The van der Waals surface area contributed by atoms with Crippen LogP contribution in [0.4, 0.5) is 0 Å². The predicted octanol–water partition coefficient (Wildman–Crippen LogP) is 2.57. The van der Waals surface area contributed by atoms with Crippen molar-refractivity contribution in [3.8, 4) is 11.3 Å². The number of hydrogen-bond donors (Lipinski definition) is 2. The van der Waals surface area contributed by atoms with Crippen LogP contribution in [0.3, 0.4) is 0 Å². The third kappa shape index (κ3) is 2.70. The van der Waals surface area contributed by atoms with Crippen molar-refractivity contribution >= 4 is 0 Å². The van der Waals surface area contributed by atoms with Gasteiger partial charge in [-0.15, -0.1) is 0 Å². The maximum atomic E-state index is 4.26. The van der Waals surface area contributed by atoms with Gasteiger partial charge in [-0.3, -0.25) is 4.98 Å². The van der Waals surface area contributed by atoms with E-state index in [1.165, 1.54) is 5.56 Å². The molecule has 2 rings (SSSR count). The highest BCUT2D eigenvalue weighted by Crippen LogP contribution is 2.16. The van der Waals surface area contributed by atoms with Crippen molar-refractivity contribution in [1.29, 1.82) is 0 Å². The molecule has 0 unspecified atom stereocenters. The first-order valence-electron chi connectivity index (χ1n) is 5.57. The van der Waals surface area contributed by atoms with Crippen LogP contribution in [0.2, 0.25) is 0 Å². The van der Waals surface area contributed by atoms with Gasteiger partial charge < -0.3 is 10.3 Å². The number of H-pyrrole nitrogens is 1. The zero-order chi connectivity index (χ0) is 11.4. The van der Waals surface area contributed by atoms with Gasteiger partial charge in [-0.2, -0.15) is 0 Å². The molecular weight excluding hydrogens is 198 g/mol.